The number of carbonyl (C=O) groups is 2. The van der Waals surface area contributed by atoms with Gasteiger partial charge in [0.2, 0.25) is 11.8 Å². The smallest absolute Gasteiger partial charge is 0.225 e. The summed E-state index contributed by atoms with van der Waals surface area (Å²) in [5.74, 6) is 0.293. The molecule has 0 amide bonds. The average Bonchev–Trinajstić information content (AvgIpc) is 2.87. The minimum absolute atomic E-state index is 0.112. The largest absolute Gasteiger partial charge is 0.480 e. The molecule has 0 spiro atoms. The molecular formula is C25H17Cl2N3O4. The third kappa shape index (κ3) is 4.23. The zero-order valence-electron chi connectivity index (χ0n) is 18.1. The molecule has 0 saturated carbocycles. The molecule has 7 nitrogen and oxygen atoms in total. The maximum Gasteiger partial charge on any atom is 0.225 e. The molecule has 9 heteroatoms. The number of hydrogen-bond donors (Lipinski definition) is 0. The Kier molecular flexibility index (Phi) is 6.86. The number of ether oxygens (including phenoxy) is 2. The fourth-order valence-electron chi connectivity index (χ4n) is 3.51. The molecule has 0 saturated heterocycles. The quantitative estimate of drug-likeness (QED) is 0.299. The van der Waals surface area contributed by atoms with Crippen molar-refractivity contribution in [3.63, 3.8) is 0 Å². The van der Waals surface area contributed by atoms with Crippen molar-refractivity contribution in [2.45, 2.75) is 0 Å². The zero-order chi connectivity index (χ0) is 24.2. The minimum atomic E-state index is 0.112. The summed E-state index contributed by atoms with van der Waals surface area (Å²) >= 11 is 13.2. The fourth-order valence-corrected chi connectivity index (χ4v) is 4.05. The molecule has 0 aliphatic carbocycles. The fraction of sp³-hybridized carbons (Fsp3) is 0.0800. The van der Waals surface area contributed by atoms with Crippen molar-refractivity contribution in [2.75, 3.05) is 14.2 Å². The molecule has 3 heterocycles. The lowest BCUT2D eigenvalue weighted by Crippen LogP contribution is -2.01. The van der Waals surface area contributed by atoms with E-state index in [4.69, 9.17) is 32.7 Å². The summed E-state index contributed by atoms with van der Waals surface area (Å²) in [6.07, 6.45) is 2.92. The molecular weight excluding hydrogens is 477 g/mol. The number of aldehydes is 2. The standard InChI is InChI=1S/C25H17Cl2N3O4/c1-33-24-14(12-31)8-9-20(29-24)16-6-3-5-15(22(16)27)17-11-21(23-19(26)7-4-10-28-23)30-25(34-2)18(17)13-32/h3-13H,1-2H3. The predicted molar refractivity (Wildman–Crippen MR) is 130 cm³/mol. The number of carbonyl (C=O) groups excluding carboxylic acids is 2. The number of pyridine rings is 3. The predicted octanol–water partition coefficient (Wildman–Crippen LogP) is 5.82. The third-order valence-corrected chi connectivity index (χ3v) is 5.82. The van der Waals surface area contributed by atoms with Gasteiger partial charge < -0.3 is 9.47 Å². The van der Waals surface area contributed by atoms with Crippen LogP contribution in [0.4, 0.5) is 0 Å². The van der Waals surface area contributed by atoms with Gasteiger partial charge in [-0.15, -0.1) is 0 Å². The van der Waals surface area contributed by atoms with E-state index in [1.165, 1.54) is 14.2 Å². The van der Waals surface area contributed by atoms with E-state index in [1.54, 1.807) is 54.7 Å². The van der Waals surface area contributed by atoms with Gasteiger partial charge in [-0.25, -0.2) is 9.97 Å². The second-order valence-electron chi connectivity index (χ2n) is 7.01. The van der Waals surface area contributed by atoms with E-state index < -0.39 is 0 Å². The molecule has 0 aliphatic rings. The van der Waals surface area contributed by atoms with Crippen LogP contribution in [0.3, 0.4) is 0 Å². The highest BCUT2D eigenvalue weighted by Gasteiger charge is 2.21. The summed E-state index contributed by atoms with van der Waals surface area (Å²) < 4.78 is 10.6. The molecule has 4 rings (SSSR count). The second kappa shape index (κ2) is 9.99. The third-order valence-electron chi connectivity index (χ3n) is 5.11. The van der Waals surface area contributed by atoms with E-state index in [9.17, 15) is 9.59 Å². The van der Waals surface area contributed by atoms with Crippen LogP contribution in [0.15, 0.2) is 54.7 Å². The van der Waals surface area contributed by atoms with Gasteiger partial charge in [0.1, 0.15) is 5.69 Å². The molecule has 0 radical (unpaired) electrons. The first kappa shape index (κ1) is 23.4. The van der Waals surface area contributed by atoms with Gasteiger partial charge in [0.15, 0.2) is 12.6 Å². The summed E-state index contributed by atoms with van der Waals surface area (Å²) in [4.78, 5) is 36.4. The maximum absolute atomic E-state index is 12.0. The van der Waals surface area contributed by atoms with Crippen LogP contribution >= 0.6 is 23.2 Å². The lowest BCUT2D eigenvalue weighted by Gasteiger charge is -2.15. The highest BCUT2D eigenvalue weighted by atomic mass is 35.5. The Morgan fingerprint density at radius 2 is 1.53 bits per heavy atom. The van der Waals surface area contributed by atoms with Gasteiger partial charge in [0.05, 0.1) is 46.8 Å². The van der Waals surface area contributed by atoms with Crippen LogP contribution < -0.4 is 9.47 Å². The van der Waals surface area contributed by atoms with Gasteiger partial charge in [-0.3, -0.25) is 14.6 Å². The Morgan fingerprint density at radius 3 is 2.21 bits per heavy atom. The van der Waals surface area contributed by atoms with Crippen molar-refractivity contribution >= 4 is 35.8 Å². The van der Waals surface area contributed by atoms with Gasteiger partial charge >= 0.3 is 0 Å². The number of aromatic nitrogens is 3. The van der Waals surface area contributed by atoms with Crippen molar-refractivity contribution in [3.8, 4) is 45.5 Å². The van der Waals surface area contributed by atoms with Crippen LogP contribution in [0.25, 0.3) is 33.8 Å². The highest BCUT2D eigenvalue weighted by Crippen LogP contribution is 2.41. The molecule has 4 aromatic rings. The molecule has 0 aliphatic heterocycles. The number of hydrogen-bond acceptors (Lipinski definition) is 7. The summed E-state index contributed by atoms with van der Waals surface area (Å²) in [5.41, 5.74) is 3.51. The van der Waals surface area contributed by atoms with Crippen LogP contribution in [-0.4, -0.2) is 41.7 Å². The van der Waals surface area contributed by atoms with Crippen LogP contribution in [-0.2, 0) is 0 Å². The van der Waals surface area contributed by atoms with Crippen LogP contribution in [0, 0.1) is 0 Å². The van der Waals surface area contributed by atoms with Crippen LogP contribution in [0.1, 0.15) is 20.7 Å². The topological polar surface area (TPSA) is 91.3 Å². The summed E-state index contributed by atoms with van der Waals surface area (Å²) in [5, 5.41) is 0.735. The van der Waals surface area contributed by atoms with E-state index in [-0.39, 0.29) is 17.3 Å². The average molecular weight is 494 g/mol. The van der Waals surface area contributed by atoms with E-state index in [1.807, 2.05) is 0 Å². The molecule has 170 valence electrons. The number of methoxy groups -OCH3 is 2. The first-order valence-corrected chi connectivity index (χ1v) is 10.7. The van der Waals surface area contributed by atoms with Crippen molar-refractivity contribution < 1.29 is 19.1 Å². The molecule has 34 heavy (non-hydrogen) atoms. The Bertz CT molecular complexity index is 1410. The first-order valence-electron chi connectivity index (χ1n) is 9.97. The molecule has 0 bridgehead atoms. The number of halogens is 2. The molecule has 0 fully saturated rings. The van der Waals surface area contributed by atoms with Crippen molar-refractivity contribution in [2.24, 2.45) is 0 Å². The van der Waals surface area contributed by atoms with Crippen LogP contribution in [0.5, 0.6) is 11.8 Å². The normalized spacial score (nSPS) is 10.6. The maximum atomic E-state index is 12.0. The molecule has 3 aromatic heterocycles. The Hall–Kier alpha value is -3.81. The summed E-state index contributed by atoms with van der Waals surface area (Å²) in [7, 11) is 2.85. The lowest BCUT2D eigenvalue weighted by molar-refractivity contribution is 0.111. The number of rotatable bonds is 7. The van der Waals surface area contributed by atoms with Gasteiger partial charge in [-0.2, -0.15) is 0 Å². The van der Waals surface area contributed by atoms with Crippen molar-refractivity contribution in [1.82, 2.24) is 15.0 Å². The molecule has 0 unspecified atom stereocenters. The SMILES string of the molecule is COc1nc(-c2cccc(-c3cc(-c4ncccc4Cl)nc(OC)c3C=O)c2Cl)ccc1C=O. The van der Waals surface area contributed by atoms with E-state index in [0.717, 1.165) is 0 Å². The Balaban J connectivity index is 1.95. The van der Waals surface area contributed by atoms with Gasteiger partial charge in [-0.05, 0) is 30.3 Å². The summed E-state index contributed by atoms with van der Waals surface area (Å²) in [6, 6.07) is 13.7. The number of nitrogens with zero attached hydrogens (tertiary/aromatic N) is 3. The monoisotopic (exact) mass is 493 g/mol. The van der Waals surface area contributed by atoms with Crippen molar-refractivity contribution in [3.05, 3.63) is 75.9 Å². The van der Waals surface area contributed by atoms with E-state index in [2.05, 4.69) is 15.0 Å². The van der Waals surface area contributed by atoms with Gasteiger partial charge in [0, 0.05) is 22.9 Å². The Labute approximate surface area is 205 Å². The van der Waals surface area contributed by atoms with Gasteiger partial charge in [-0.1, -0.05) is 41.4 Å². The minimum Gasteiger partial charge on any atom is -0.480 e. The van der Waals surface area contributed by atoms with Crippen LogP contribution in [0.2, 0.25) is 10.0 Å². The van der Waals surface area contributed by atoms with E-state index >= 15 is 0 Å². The van der Waals surface area contributed by atoms with Crippen molar-refractivity contribution in [1.29, 1.82) is 0 Å². The lowest BCUT2D eigenvalue weighted by atomic mass is 9.97. The highest BCUT2D eigenvalue weighted by molar-refractivity contribution is 6.36. The summed E-state index contributed by atoms with van der Waals surface area (Å²) in [6.45, 7) is 0. The Morgan fingerprint density at radius 1 is 0.794 bits per heavy atom. The van der Waals surface area contributed by atoms with E-state index in [0.29, 0.717) is 62.0 Å². The van der Waals surface area contributed by atoms with Gasteiger partial charge in [0.25, 0.3) is 0 Å². The molecule has 0 atom stereocenters. The zero-order valence-corrected chi connectivity index (χ0v) is 19.6. The first-order chi connectivity index (χ1) is 16.5. The molecule has 0 N–H and O–H groups in total. The second-order valence-corrected chi connectivity index (χ2v) is 7.79. The molecule has 1 aromatic carbocycles. The number of benzene rings is 1.